The number of hydrogen-bond acceptors (Lipinski definition) is 9. The normalized spacial score (nSPS) is 21.3. The molecule has 2 atom stereocenters. The van der Waals surface area contributed by atoms with E-state index >= 15 is 0 Å². The largest absolute Gasteiger partial charge is 0.507 e. The van der Waals surface area contributed by atoms with Gasteiger partial charge in [0.25, 0.3) is 0 Å². The molecule has 2 aromatic carbocycles. The van der Waals surface area contributed by atoms with Gasteiger partial charge in [-0.1, -0.05) is 18.5 Å². The Bertz CT molecular complexity index is 1510. The minimum absolute atomic E-state index is 0.0310. The average molecular weight is 526 g/mol. The molecule has 0 bridgehead atoms. The fourth-order valence-electron chi connectivity index (χ4n) is 4.79. The highest BCUT2D eigenvalue weighted by Gasteiger charge is 2.60. The number of benzene rings is 2. The van der Waals surface area contributed by atoms with Gasteiger partial charge in [-0.3, -0.25) is 14.6 Å². The minimum Gasteiger partial charge on any atom is -0.507 e. The third-order valence-electron chi connectivity index (χ3n) is 6.65. The lowest BCUT2D eigenvalue weighted by atomic mass is 9.73. The molecule has 3 aromatic rings. The summed E-state index contributed by atoms with van der Waals surface area (Å²) in [5.74, 6) is -1.01. The van der Waals surface area contributed by atoms with Gasteiger partial charge in [0.05, 0.1) is 36.5 Å². The van der Waals surface area contributed by atoms with Crippen molar-refractivity contribution in [1.82, 2.24) is 9.97 Å². The number of aliphatic hydroxyl groups is 1. The SMILES string of the molecule is COCc1nc2ccc(N=CC3=C(O)[C@@]4(Oc5c(Cl)c(OC)cc(OC)c5C4=O)[C@H](C)CC3=O)cc2[nH]1. The second-order valence-electron chi connectivity index (χ2n) is 8.83. The van der Waals surface area contributed by atoms with E-state index in [1.165, 1.54) is 26.5 Å². The van der Waals surface area contributed by atoms with Gasteiger partial charge in [-0.2, -0.15) is 0 Å². The molecule has 5 rings (SSSR count). The van der Waals surface area contributed by atoms with Gasteiger partial charge in [0, 0.05) is 31.7 Å². The number of aliphatic hydroxyl groups excluding tert-OH is 1. The molecule has 192 valence electrons. The van der Waals surface area contributed by atoms with Crippen molar-refractivity contribution in [2.45, 2.75) is 25.6 Å². The van der Waals surface area contributed by atoms with E-state index in [9.17, 15) is 14.7 Å². The molecule has 0 saturated heterocycles. The summed E-state index contributed by atoms with van der Waals surface area (Å²) >= 11 is 6.46. The van der Waals surface area contributed by atoms with E-state index in [0.29, 0.717) is 18.1 Å². The molecule has 37 heavy (non-hydrogen) atoms. The highest BCUT2D eigenvalue weighted by atomic mass is 35.5. The number of carbonyl (C=O) groups excluding carboxylic acids is 2. The number of aromatic amines is 1. The Kier molecular flexibility index (Phi) is 6.17. The van der Waals surface area contributed by atoms with Crippen LogP contribution in [0.15, 0.2) is 40.6 Å². The Balaban J connectivity index is 1.57. The summed E-state index contributed by atoms with van der Waals surface area (Å²) in [4.78, 5) is 38.7. The Hall–Kier alpha value is -3.89. The average Bonchev–Trinajstić information content (AvgIpc) is 3.42. The number of nitrogens with zero attached hydrogens (tertiary/aromatic N) is 2. The van der Waals surface area contributed by atoms with Gasteiger partial charge in [-0.15, -0.1) is 0 Å². The van der Waals surface area contributed by atoms with Gasteiger partial charge in [0.2, 0.25) is 11.4 Å². The maximum absolute atomic E-state index is 13.8. The zero-order valence-corrected chi connectivity index (χ0v) is 21.3. The Morgan fingerprint density at radius 1 is 1.24 bits per heavy atom. The molecule has 0 fully saturated rings. The summed E-state index contributed by atoms with van der Waals surface area (Å²) in [6.07, 6.45) is 1.19. The van der Waals surface area contributed by atoms with Crippen LogP contribution in [0.2, 0.25) is 5.02 Å². The molecule has 0 unspecified atom stereocenters. The van der Waals surface area contributed by atoms with Gasteiger partial charge < -0.3 is 29.0 Å². The van der Waals surface area contributed by atoms with Gasteiger partial charge >= 0.3 is 0 Å². The van der Waals surface area contributed by atoms with Crippen molar-refractivity contribution in [2.75, 3.05) is 21.3 Å². The van der Waals surface area contributed by atoms with E-state index in [4.69, 9.17) is 30.5 Å². The van der Waals surface area contributed by atoms with E-state index < -0.39 is 23.1 Å². The Morgan fingerprint density at radius 3 is 2.70 bits per heavy atom. The van der Waals surface area contributed by atoms with Crippen LogP contribution in [0.3, 0.4) is 0 Å². The summed E-state index contributed by atoms with van der Waals surface area (Å²) in [6.45, 7) is 1.99. The molecule has 2 aliphatic rings. The highest BCUT2D eigenvalue weighted by Crippen LogP contribution is 2.54. The highest BCUT2D eigenvalue weighted by molar-refractivity contribution is 6.35. The molecular weight excluding hydrogens is 502 g/mol. The molecule has 0 saturated carbocycles. The lowest BCUT2D eigenvalue weighted by molar-refractivity contribution is -0.118. The molecule has 1 aromatic heterocycles. The maximum Gasteiger partial charge on any atom is 0.231 e. The van der Waals surface area contributed by atoms with Gasteiger partial charge in [0.15, 0.2) is 17.3 Å². The second-order valence-corrected chi connectivity index (χ2v) is 9.21. The number of carbonyl (C=O) groups is 2. The number of imidazole rings is 1. The number of nitrogens with one attached hydrogen (secondary N) is 1. The summed E-state index contributed by atoms with van der Waals surface area (Å²) in [5, 5.41) is 11.4. The molecule has 1 aliphatic heterocycles. The number of allylic oxidation sites excluding steroid dienone is 1. The number of rotatable bonds is 6. The number of fused-ring (bicyclic) bond motifs is 2. The lowest BCUT2D eigenvalue weighted by Crippen LogP contribution is -2.52. The summed E-state index contributed by atoms with van der Waals surface area (Å²) < 4.78 is 21.9. The monoisotopic (exact) mass is 525 g/mol. The first-order valence-electron chi connectivity index (χ1n) is 11.4. The first-order valence-corrected chi connectivity index (χ1v) is 11.8. The standard InChI is InChI=1S/C26H24ClN3O7/c1-12-7-17(31)14(10-28-13-5-6-15-16(8-13)30-20(29-15)11-34-2)24(32)26(12)25(33)21-18(35-3)9-19(36-4)22(27)23(21)37-26/h5-6,8-10,12,32H,7,11H2,1-4H3,(H,29,30)/t12-,26+/m1/s1. The van der Waals surface area contributed by atoms with Gasteiger partial charge in [-0.05, 0) is 18.2 Å². The van der Waals surface area contributed by atoms with Crippen LogP contribution in [0, 0.1) is 5.92 Å². The summed E-state index contributed by atoms with van der Waals surface area (Å²) in [6, 6.07) is 6.74. The van der Waals surface area contributed by atoms with Crippen LogP contribution in [0.1, 0.15) is 29.5 Å². The number of ether oxygens (including phenoxy) is 4. The van der Waals surface area contributed by atoms with Crippen LogP contribution < -0.4 is 14.2 Å². The Morgan fingerprint density at radius 2 is 2.00 bits per heavy atom. The van der Waals surface area contributed by atoms with E-state index in [1.54, 1.807) is 32.2 Å². The molecule has 0 radical (unpaired) electrons. The second kappa shape index (κ2) is 9.20. The van der Waals surface area contributed by atoms with Crippen LogP contribution in [0.5, 0.6) is 17.2 Å². The predicted molar refractivity (Wildman–Crippen MR) is 136 cm³/mol. The minimum atomic E-state index is -1.86. The molecule has 1 aliphatic carbocycles. The number of H-pyrrole nitrogens is 1. The smallest absolute Gasteiger partial charge is 0.231 e. The van der Waals surface area contributed by atoms with Crippen LogP contribution in [0.4, 0.5) is 5.69 Å². The lowest BCUT2D eigenvalue weighted by Gasteiger charge is -2.36. The molecule has 10 nitrogen and oxygen atoms in total. The van der Waals surface area contributed by atoms with Crippen molar-refractivity contribution in [3.8, 4) is 17.2 Å². The van der Waals surface area contributed by atoms with Crippen molar-refractivity contribution in [2.24, 2.45) is 10.9 Å². The molecule has 2 N–H and O–H groups in total. The van der Waals surface area contributed by atoms with E-state index in [2.05, 4.69) is 15.0 Å². The van der Waals surface area contributed by atoms with Crippen LogP contribution in [0.25, 0.3) is 11.0 Å². The number of hydrogen-bond donors (Lipinski definition) is 2. The van der Waals surface area contributed by atoms with E-state index in [0.717, 1.165) is 11.0 Å². The zero-order valence-electron chi connectivity index (χ0n) is 20.5. The van der Waals surface area contributed by atoms with Gasteiger partial charge in [0.1, 0.15) is 34.5 Å². The fraction of sp³-hybridized carbons (Fsp3) is 0.308. The third-order valence-corrected chi connectivity index (χ3v) is 7.01. The topological polar surface area (TPSA) is 132 Å². The van der Waals surface area contributed by atoms with Gasteiger partial charge in [-0.25, -0.2) is 4.98 Å². The summed E-state index contributed by atoms with van der Waals surface area (Å²) in [7, 11) is 4.40. The number of ketones is 2. The quantitative estimate of drug-likeness (QED) is 0.449. The van der Waals surface area contributed by atoms with Crippen LogP contribution in [-0.2, 0) is 16.1 Å². The fourth-order valence-corrected chi connectivity index (χ4v) is 5.05. The first kappa shape index (κ1) is 24.8. The number of methoxy groups -OCH3 is 3. The number of aromatic nitrogens is 2. The first-order chi connectivity index (χ1) is 17.7. The number of halogens is 1. The molecule has 2 heterocycles. The number of Topliss-reactive ketones (excluding diaryl/α,β-unsaturated/α-hetero) is 2. The van der Waals surface area contributed by atoms with Crippen molar-refractivity contribution in [3.63, 3.8) is 0 Å². The molecular formula is C26H24ClN3O7. The third kappa shape index (κ3) is 3.75. The van der Waals surface area contributed by atoms with Crippen molar-refractivity contribution in [1.29, 1.82) is 0 Å². The molecule has 1 spiro atoms. The molecule has 0 amide bonds. The van der Waals surface area contributed by atoms with E-state index in [1.807, 2.05) is 0 Å². The zero-order chi connectivity index (χ0) is 26.5. The van der Waals surface area contributed by atoms with E-state index in [-0.39, 0.29) is 45.6 Å². The molecule has 11 heteroatoms. The Labute approximate surface area is 216 Å². The van der Waals surface area contributed by atoms with Crippen molar-refractivity contribution < 1.29 is 33.6 Å². The van der Waals surface area contributed by atoms with Crippen molar-refractivity contribution >= 4 is 46.1 Å². The summed E-state index contributed by atoms with van der Waals surface area (Å²) in [5.41, 5.74) is 0.0831. The van der Waals surface area contributed by atoms with Crippen LogP contribution >= 0.6 is 11.6 Å². The van der Waals surface area contributed by atoms with Crippen LogP contribution in [-0.4, -0.2) is 59.8 Å². The maximum atomic E-state index is 13.8. The number of aliphatic imine (C=N–C) groups is 1. The predicted octanol–water partition coefficient (Wildman–Crippen LogP) is 4.52. The van der Waals surface area contributed by atoms with Crippen molar-refractivity contribution in [3.05, 3.63) is 52.0 Å².